The molecule has 5 aliphatic rings. The lowest BCUT2D eigenvalue weighted by molar-refractivity contribution is -0.268. The Morgan fingerprint density at radius 3 is 2.00 bits per heavy atom. The molecule has 5 aliphatic carbocycles. The Bertz CT molecular complexity index is 864. The third-order valence-electron chi connectivity index (χ3n) is 13.6. The number of carboxylic acids is 1. The minimum atomic E-state index is -0.658. The average Bonchev–Trinajstić information content (AvgIpc) is 2.72. The number of rotatable bonds is 1. The highest BCUT2D eigenvalue weighted by molar-refractivity contribution is 5.75. The largest absolute Gasteiger partial charge is 0.481 e. The van der Waals surface area contributed by atoms with Gasteiger partial charge in [-0.25, -0.2) is 0 Å². The number of aliphatic hydroxyl groups is 2. The van der Waals surface area contributed by atoms with Crippen LogP contribution < -0.4 is 0 Å². The van der Waals surface area contributed by atoms with Crippen molar-refractivity contribution in [1.29, 1.82) is 0 Å². The number of aliphatic hydroxyl groups excluding tert-OH is 2. The van der Waals surface area contributed by atoms with Gasteiger partial charge in [-0.1, -0.05) is 48.5 Å². The molecule has 10 unspecified atom stereocenters. The van der Waals surface area contributed by atoms with Crippen LogP contribution in [-0.4, -0.2) is 33.5 Å². The topological polar surface area (TPSA) is 77.8 Å². The lowest BCUT2D eigenvalue weighted by Crippen LogP contribution is -2.69. The van der Waals surface area contributed by atoms with Crippen LogP contribution in [0.15, 0.2) is 0 Å². The molecule has 0 heterocycles. The molecule has 0 aliphatic heterocycles. The number of hydrogen-bond donors (Lipinski definition) is 3. The fraction of sp³-hybridized carbons (Fsp3) is 0.967. The van der Waals surface area contributed by atoms with E-state index in [2.05, 4.69) is 48.5 Å². The van der Waals surface area contributed by atoms with Gasteiger partial charge in [0.05, 0.1) is 17.6 Å². The molecule has 194 valence electrons. The predicted molar refractivity (Wildman–Crippen MR) is 134 cm³/mol. The van der Waals surface area contributed by atoms with Gasteiger partial charge in [-0.15, -0.1) is 0 Å². The van der Waals surface area contributed by atoms with Crippen LogP contribution >= 0.6 is 0 Å². The van der Waals surface area contributed by atoms with Crippen LogP contribution in [0.3, 0.4) is 0 Å². The monoisotopic (exact) mass is 474 g/mol. The van der Waals surface area contributed by atoms with Gasteiger partial charge < -0.3 is 15.3 Å². The molecule has 0 aromatic rings. The summed E-state index contributed by atoms with van der Waals surface area (Å²) in [5.41, 5.74) is -0.314. The van der Waals surface area contributed by atoms with Crippen molar-refractivity contribution in [2.24, 2.45) is 56.2 Å². The number of hydrogen-bond acceptors (Lipinski definition) is 3. The van der Waals surface area contributed by atoms with Crippen molar-refractivity contribution in [3.05, 3.63) is 0 Å². The molecule has 5 saturated carbocycles. The lowest BCUT2D eigenvalue weighted by atomic mass is 9.31. The third kappa shape index (κ3) is 2.93. The van der Waals surface area contributed by atoms with Gasteiger partial charge in [0, 0.05) is 0 Å². The molecule has 5 rings (SSSR count). The van der Waals surface area contributed by atoms with E-state index in [1.54, 1.807) is 0 Å². The summed E-state index contributed by atoms with van der Waals surface area (Å²) in [5, 5.41) is 32.4. The lowest BCUT2D eigenvalue weighted by Gasteiger charge is -2.73. The van der Waals surface area contributed by atoms with Crippen molar-refractivity contribution in [2.45, 2.75) is 125 Å². The Morgan fingerprint density at radius 2 is 1.35 bits per heavy atom. The highest BCUT2D eigenvalue weighted by Gasteiger charge is 2.71. The average molecular weight is 475 g/mol. The van der Waals surface area contributed by atoms with Gasteiger partial charge in [-0.2, -0.15) is 0 Å². The summed E-state index contributed by atoms with van der Waals surface area (Å²) in [6.07, 6.45) is 8.63. The first kappa shape index (κ1) is 25.1. The predicted octanol–water partition coefficient (Wildman–Crippen LogP) is 6.28. The molecule has 0 aromatic heterocycles. The van der Waals surface area contributed by atoms with Crippen molar-refractivity contribution >= 4 is 5.97 Å². The summed E-state index contributed by atoms with van der Waals surface area (Å²) < 4.78 is 0. The summed E-state index contributed by atoms with van der Waals surface area (Å²) in [4.78, 5) is 12.8. The van der Waals surface area contributed by atoms with E-state index < -0.39 is 23.6 Å². The standard InChI is InChI=1S/C30H50O4/c1-25(2)12-14-30(24(33)34)15-13-28(6)18(19(30)16-25)8-9-22-27(5)17-20(31)23(32)26(3,4)21(27)10-11-29(22,28)7/h18-23,31-32H,8-17H2,1-7H3,(H,33,34). The minimum Gasteiger partial charge on any atom is -0.481 e. The minimum absolute atomic E-state index is 0.0102. The zero-order valence-corrected chi connectivity index (χ0v) is 22.8. The third-order valence-corrected chi connectivity index (χ3v) is 13.6. The van der Waals surface area contributed by atoms with Crippen LogP contribution in [-0.2, 0) is 4.79 Å². The number of fused-ring (bicyclic) bond motifs is 7. The molecule has 5 fully saturated rings. The highest BCUT2D eigenvalue weighted by atomic mass is 16.4. The summed E-state index contributed by atoms with van der Waals surface area (Å²) in [6.45, 7) is 16.5. The molecule has 4 heteroatoms. The van der Waals surface area contributed by atoms with E-state index in [-0.39, 0.29) is 33.0 Å². The molecule has 4 nitrogen and oxygen atoms in total. The molecule has 0 aromatic carbocycles. The van der Waals surface area contributed by atoms with Gasteiger partial charge in [0.15, 0.2) is 0 Å². The van der Waals surface area contributed by atoms with Crippen molar-refractivity contribution in [3.63, 3.8) is 0 Å². The van der Waals surface area contributed by atoms with E-state index in [1.165, 1.54) is 0 Å². The van der Waals surface area contributed by atoms with Crippen molar-refractivity contribution in [3.8, 4) is 0 Å². The van der Waals surface area contributed by atoms with Gasteiger partial charge in [0.25, 0.3) is 0 Å². The SMILES string of the molecule is CC1(C)CCC2(C(=O)O)CCC3(C)C(CCC4C5(C)CC(O)C(O)C(C)(C)C5CCC43C)C2C1. The van der Waals surface area contributed by atoms with E-state index in [0.29, 0.717) is 24.2 Å². The second kappa shape index (κ2) is 7.24. The number of carboxylic acid groups (broad SMARTS) is 1. The molecular formula is C30H50O4. The van der Waals surface area contributed by atoms with Crippen LogP contribution in [0.5, 0.6) is 0 Å². The van der Waals surface area contributed by atoms with E-state index >= 15 is 0 Å². The second-order valence-electron chi connectivity index (χ2n) is 15.6. The zero-order valence-electron chi connectivity index (χ0n) is 22.8. The summed E-state index contributed by atoms with van der Waals surface area (Å²) in [5.74, 6) is 1.11. The van der Waals surface area contributed by atoms with Crippen LogP contribution in [0.2, 0.25) is 0 Å². The van der Waals surface area contributed by atoms with Gasteiger partial charge in [0.1, 0.15) is 0 Å². The van der Waals surface area contributed by atoms with Crippen LogP contribution in [0.4, 0.5) is 0 Å². The summed E-state index contributed by atoms with van der Waals surface area (Å²) >= 11 is 0. The summed E-state index contributed by atoms with van der Waals surface area (Å²) in [6, 6.07) is 0. The first-order valence-electron chi connectivity index (χ1n) is 14.1. The Morgan fingerprint density at radius 1 is 0.706 bits per heavy atom. The van der Waals surface area contributed by atoms with Crippen LogP contribution in [0, 0.1) is 56.2 Å². The van der Waals surface area contributed by atoms with Gasteiger partial charge in [-0.3, -0.25) is 4.79 Å². The fourth-order valence-corrected chi connectivity index (χ4v) is 11.6. The Kier molecular flexibility index (Phi) is 5.34. The smallest absolute Gasteiger partial charge is 0.309 e. The highest BCUT2D eigenvalue weighted by Crippen LogP contribution is 2.77. The zero-order chi connectivity index (χ0) is 25.1. The maximum absolute atomic E-state index is 12.8. The fourth-order valence-electron chi connectivity index (χ4n) is 11.6. The molecule has 10 atom stereocenters. The van der Waals surface area contributed by atoms with Crippen molar-refractivity contribution < 1.29 is 20.1 Å². The van der Waals surface area contributed by atoms with Crippen molar-refractivity contribution in [1.82, 2.24) is 0 Å². The van der Waals surface area contributed by atoms with E-state index in [0.717, 1.165) is 57.8 Å². The molecular weight excluding hydrogens is 424 g/mol. The maximum Gasteiger partial charge on any atom is 0.309 e. The van der Waals surface area contributed by atoms with Gasteiger partial charge in [0.2, 0.25) is 0 Å². The molecule has 0 saturated heterocycles. The normalized spacial score (nSPS) is 55.8. The first-order chi connectivity index (χ1) is 15.6. The molecule has 0 radical (unpaired) electrons. The molecule has 0 amide bonds. The van der Waals surface area contributed by atoms with E-state index in [1.807, 2.05) is 0 Å². The Labute approximate surface area is 207 Å². The molecule has 34 heavy (non-hydrogen) atoms. The Balaban J connectivity index is 1.55. The van der Waals surface area contributed by atoms with Crippen molar-refractivity contribution in [2.75, 3.05) is 0 Å². The van der Waals surface area contributed by atoms with Crippen LogP contribution in [0.1, 0.15) is 113 Å². The quantitative estimate of drug-likeness (QED) is 0.418. The number of aliphatic carboxylic acids is 1. The first-order valence-corrected chi connectivity index (χ1v) is 14.1. The summed E-state index contributed by atoms with van der Waals surface area (Å²) in [7, 11) is 0. The van der Waals surface area contributed by atoms with E-state index in [9.17, 15) is 20.1 Å². The molecule has 0 bridgehead atoms. The molecule has 3 N–H and O–H groups in total. The number of carbonyl (C=O) groups is 1. The maximum atomic E-state index is 12.8. The van der Waals surface area contributed by atoms with Crippen LogP contribution in [0.25, 0.3) is 0 Å². The van der Waals surface area contributed by atoms with Gasteiger partial charge >= 0.3 is 5.97 Å². The Hall–Kier alpha value is -0.610. The van der Waals surface area contributed by atoms with Gasteiger partial charge in [-0.05, 0) is 115 Å². The second-order valence-corrected chi connectivity index (χ2v) is 15.6. The molecule has 0 spiro atoms. The van der Waals surface area contributed by atoms with E-state index in [4.69, 9.17) is 0 Å².